The second-order valence-corrected chi connectivity index (χ2v) is 6.71. The maximum Gasteiger partial charge on any atom is 0.240 e. The SMILES string of the molecule is CC1CCC(N(C)C(=O)C(N)C(C)(C)C)CC1. The van der Waals surface area contributed by atoms with E-state index in [0.29, 0.717) is 6.04 Å². The number of nitrogens with two attached hydrogens (primary N) is 1. The molecule has 1 aliphatic carbocycles. The monoisotopic (exact) mass is 240 g/mol. The van der Waals surface area contributed by atoms with Gasteiger partial charge in [0.15, 0.2) is 0 Å². The highest BCUT2D eigenvalue weighted by Crippen LogP contribution is 2.28. The van der Waals surface area contributed by atoms with Crippen LogP contribution in [0, 0.1) is 11.3 Å². The van der Waals surface area contributed by atoms with Crippen LogP contribution in [0.1, 0.15) is 53.4 Å². The van der Waals surface area contributed by atoms with Crippen LogP contribution in [0.2, 0.25) is 0 Å². The highest BCUT2D eigenvalue weighted by molar-refractivity contribution is 5.82. The molecule has 1 atom stereocenters. The third-order valence-electron chi connectivity index (χ3n) is 4.08. The minimum Gasteiger partial charge on any atom is -0.341 e. The van der Waals surface area contributed by atoms with Crippen LogP contribution < -0.4 is 5.73 Å². The van der Waals surface area contributed by atoms with Gasteiger partial charge in [0, 0.05) is 13.1 Å². The number of hydrogen-bond donors (Lipinski definition) is 1. The molecule has 1 fully saturated rings. The van der Waals surface area contributed by atoms with E-state index in [0.717, 1.165) is 18.8 Å². The van der Waals surface area contributed by atoms with Crippen molar-refractivity contribution in [2.24, 2.45) is 17.1 Å². The molecule has 0 spiro atoms. The van der Waals surface area contributed by atoms with Crippen LogP contribution in [0.4, 0.5) is 0 Å². The quantitative estimate of drug-likeness (QED) is 0.805. The molecule has 3 nitrogen and oxygen atoms in total. The zero-order chi connectivity index (χ0) is 13.2. The second kappa shape index (κ2) is 5.38. The number of carbonyl (C=O) groups is 1. The van der Waals surface area contributed by atoms with Gasteiger partial charge < -0.3 is 10.6 Å². The molecule has 0 aromatic rings. The fourth-order valence-electron chi connectivity index (χ4n) is 2.40. The van der Waals surface area contributed by atoms with Gasteiger partial charge in [0.25, 0.3) is 0 Å². The first-order valence-corrected chi connectivity index (χ1v) is 6.75. The molecule has 0 heterocycles. The van der Waals surface area contributed by atoms with E-state index >= 15 is 0 Å². The van der Waals surface area contributed by atoms with Gasteiger partial charge in [-0.05, 0) is 37.0 Å². The molecule has 1 rings (SSSR count). The molecule has 3 heteroatoms. The summed E-state index contributed by atoms with van der Waals surface area (Å²) >= 11 is 0. The molecule has 0 aliphatic heterocycles. The Labute approximate surface area is 106 Å². The molecule has 100 valence electrons. The summed E-state index contributed by atoms with van der Waals surface area (Å²) in [6.45, 7) is 8.35. The summed E-state index contributed by atoms with van der Waals surface area (Å²) in [5.41, 5.74) is 5.88. The van der Waals surface area contributed by atoms with E-state index in [4.69, 9.17) is 5.73 Å². The molecule has 1 amide bonds. The topological polar surface area (TPSA) is 46.3 Å². The van der Waals surface area contributed by atoms with Crippen molar-refractivity contribution in [3.8, 4) is 0 Å². The predicted octanol–water partition coefficient (Wildman–Crippen LogP) is 2.40. The molecule has 0 aromatic heterocycles. The highest BCUT2D eigenvalue weighted by Gasteiger charge is 2.33. The van der Waals surface area contributed by atoms with Gasteiger partial charge in [0.2, 0.25) is 5.91 Å². The first kappa shape index (κ1) is 14.5. The Balaban J connectivity index is 2.58. The lowest BCUT2D eigenvalue weighted by atomic mass is 9.84. The summed E-state index contributed by atoms with van der Waals surface area (Å²) in [5, 5.41) is 0. The third-order valence-corrected chi connectivity index (χ3v) is 4.08. The molecule has 17 heavy (non-hydrogen) atoms. The second-order valence-electron chi connectivity index (χ2n) is 6.71. The number of carbonyl (C=O) groups excluding carboxylic acids is 1. The van der Waals surface area contributed by atoms with Gasteiger partial charge >= 0.3 is 0 Å². The summed E-state index contributed by atoms with van der Waals surface area (Å²) in [7, 11) is 1.91. The largest absolute Gasteiger partial charge is 0.341 e. The fourth-order valence-corrected chi connectivity index (χ4v) is 2.40. The molecule has 1 unspecified atom stereocenters. The van der Waals surface area contributed by atoms with Crippen molar-refractivity contribution in [2.45, 2.75) is 65.5 Å². The van der Waals surface area contributed by atoms with Gasteiger partial charge in [-0.3, -0.25) is 4.79 Å². The van der Waals surface area contributed by atoms with Crippen LogP contribution in [-0.4, -0.2) is 29.9 Å². The molecule has 0 aromatic carbocycles. The number of amides is 1. The van der Waals surface area contributed by atoms with Crippen molar-refractivity contribution >= 4 is 5.91 Å². The Bertz CT molecular complexity index is 262. The van der Waals surface area contributed by atoms with E-state index in [1.54, 1.807) is 0 Å². The normalized spacial score (nSPS) is 27.6. The lowest BCUT2D eigenvalue weighted by Gasteiger charge is -2.37. The zero-order valence-corrected chi connectivity index (χ0v) is 12.0. The van der Waals surface area contributed by atoms with E-state index in [1.807, 2.05) is 32.7 Å². The standard InChI is InChI=1S/C14H28N2O/c1-10-6-8-11(9-7-10)16(5)13(17)12(15)14(2,3)4/h10-12H,6-9,15H2,1-5H3. The summed E-state index contributed by atoms with van der Waals surface area (Å²) in [5.74, 6) is 0.906. The van der Waals surface area contributed by atoms with Gasteiger partial charge in [-0.1, -0.05) is 27.7 Å². The molecular formula is C14H28N2O. The van der Waals surface area contributed by atoms with Gasteiger partial charge in [-0.15, -0.1) is 0 Å². The van der Waals surface area contributed by atoms with Crippen LogP contribution >= 0.6 is 0 Å². The lowest BCUT2D eigenvalue weighted by molar-refractivity contribution is -0.136. The van der Waals surface area contributed by atoms with Crippen molar-refractivity contribution < 1.29 is 4.79 Å². The van der Waals surface area contributed by atoms with Crippen LogP contribution in [-0.2, 0) is 4.79 Å². The summed E-state index contributed by atoms with van der Waals surface area (Å²) in [6, 6.07) is -0.000972. The zero-order valence-electron chi connectivity index (χ0n) is 12.0. The molecule has 1 saturated carbocycles. The van der Waals surface area contributed by atoms with Crippen LogP contribution in [0.15, 0.2) is 0 Å². The average molecular weight is 240 g/mol. The maximum absolute atomic E-state index is 12.3. The van der Waals surface area contributed by atoms with E-state index in [9.17, 15) is 4.79 Å². The van der Waals surface area contributed by atoms with Gasteiger partial charge in [-0.25, -0.2) is 0 Å². The Hall–Kier alpha value is -0.570. The van der Waals surface area contributed by atoms with Gasteiger partial charge in [0.1, 0.15) is 0 Å². The van der Waals surface area contributed by atoms with Crippen LogP contribution in [0.3, 0.4) is 0 Å². The van der Waals surface area contributed by atoms with E-state index < -0.39 is 6.04 Å². The average Bonchev–Trinajstić information content (AvgIpc) is 2.26. The first-order valence-electron chi connectivity index (χ1n) is 6.75. The predicted molar refractivity (Wildman–Crippen MR) is 71.6 cm³/mol. The summed E-state index contributed by atoms with van der Waals surface area (Å²) in [6.07, 6.45) is 4.71. The first-order chi connectivity index (χ1) is 7.73. The fraction of sp³-hybridized carbons (Fsp3) is 0.929. The Kier molecular flexibility index (Phi) is 4.59. The van der Waals surface area contributed by atoms with Crippen molar-refractivity contribution in [1.29, 1.82) is 0 Å². The van der Waals surface area contributed by atoms with E-state index in [1.165, 1.54) is 12.8 Å². The van der Waals surface area contributed by atoms with Crippen molar-refractivity contribution in [3.05, 3.63) is 0 Å². The molecular weight excluding hydrogens is 212 g/mol. The van der Waals surface area contributed by atoms with Crippen LogP contribution in [0.25, 0.3) is 0 Å². The lowest BCUT2D eigenvalue weighted by Crippen LogP contribution is -2.52. The Morgan fingerprint density at radius 1 is 1.24 bits per heavy atom. The molecule has 0 saturated heterocycles. The molecule has 1 aliphatic rings. The summed E-state index contributed by atoms with van der Waals surface area (Å²) in [4.78, 5) is 14.2. The number of hydrogen-bond acceptors (Lipinski definition) is 2. The minimum absolute atomic E-state index is 0.0945. The number of rotatable bonds is 2. The molecule has 2 N–H and O–H groups in total. The van der Waals surface area contributed by atoms with Crippen molar-refractivity contribution in [2.75, 3.05) is 7.05 Å². The third kappa shape index (κ3) is 3.70. The number of nitrogens with zero attached hydrogens (tertiary/aromatic N) is 1. The van der Waals surface area contributed by atoms with E-state index in [2.05, 4.69) is 6.92 Å². The van der Waals surface area contributed by atoms with Crippen molar-refractivity contribution in [1.82, 2.24) is 4.90 Å². The number of likely N-dealkylation sites (N-methyl/N-ethyl adjacent to an activating group) is 1. The highest BCUT2D eigenvalue weighted by atomic mass is 16.2. The van der Waals surface area contributed by atoms with Crippen LogP contribution in [0.5, 0.6) is 0 Å². The van der Waals surface area contributed by atoms with Gasteiger partial charge in [0.05, 0.1) is 6.04 Å². The van der Waals surface area contributed by atoms with Crippen molar-refractivity contribution in [3.63, 3.8) is 0 Å². The Morgan fingerprint density at radius 2 is 1.71 bits per heavy atom. The van der Waals surface area contributed by atoms with Gasteiger partial charge in [-0.2, -0.15) is 0 Å². The smallest absolute Gasteiger partial charge is 0.240 e. The maximum atomic E-state index is 12.3. The minimum atomic E-state index is -0.396. The van der Waals surface area contributed by atoms with E-state index in [-0.39, 0.29) is 11.3 Å². The molecule has 0 bridgehead atoms. The summed E-state index contributed by atoms with van der Waals surface area (Å²) < 4.78 is 0. The molecule has 0 radical (unpaired) electrons. The Morgan fingerprint density at radius 3 is 2.12 bits per heavy atom.